The number of nitrogens with zero attached hydrogens (tertiary/aromatic N) is 2. The first-order chi connectivity index (χ1) is 10.4. The quantitative estimate of drug-likeness (QED) is 0.897. The van der Waals surface area contributed by atoms with Gasteiger partial charge in [-0.15, -0.1) is 0 Å². The predicted molar refractivity (Wildman–Crippen MR) is 75.8 cm³/mol. The predicted octanol–water partition coefficient (Wildman–Crippen LogP) is 1.00. The summed E-state index contributed by atoms with van der Waals surface area (Å²) in [5, 5.41) is 2.62. The zero-order chi connectivity index (χ0) is 16.3. The average molecular weight is 333 g/mol. The number of benzene rings is 1. The lowest BCUT2D eigenvalue weighted by molar-refractivity contribution is 0.172. The molecule has 0 saturated carbocycles. The van der Waals surface area contributed by atoms with E-state index in [2.05, 4.69) is 5.32 Å². The molecule has 6 nitrogen and oxygen atoms in total. The van der Waals surface area contributed by atoms with Crippen molar-refractivity contribution in [2.75, 3.05) is 32.7 Å². The minimum Gasteiger partial charge on any atom is -0.338 e. The molecule has 0 aliphatic carbocycles. The number of piperazine rings is 1. The molecule has 1 fully saturated rings. The summed E-state index contributed by atoms with van der Waals surface area (Å²) in [4.78, 5) is 12.2. The van der Waals surface area contributed by atoms with Crippen molar-refractivity contribution >= 4 is 16.1 Å². The SMILES string of the molecule is CCNC(=O)N1CCN(S(=O)(=O)c2c(F)cccc2F)CC1. The molecule has 1 aromatic rings. The van der Waals surface area contributed by atoms with Crippen molar-refractivity contribution in [3.05, 3.63) is 29.8 Å². The van der Waals surface area contributed by atoms with Gasteiger partial charge in [0, 0.05) is 32.7 Å². The Morgan fingerprint density at radius 1 is 1.18 bits per heavy atom. The normalized spacial score (nSPS) is 16.6. The lowest BCUT2D eigenvalue weighted by atomic mass is 10.3. The van der Waals surface area contributed by atoms with E-state index in [4.69, 9.17) is 0 Å². The Morgan fingerprint density at radius 2 is 1.73 bits per heavy atom. The van der Waals surface area contributed by atoms with Crippen LogP contribution in [0.2, 0.25) is 0 Å². The van der Waals surface area contributed by atoms with Gasteiger partial charge in [0.05, 0.1) is 0 Å². The molecule has 1 N–H and O–H groups in total. The molecule has 0 aromatic heterocycles. The molecule has 1 aromatic carbocycles. The average Bonchev–Trinajstić information content (AvgIpc) is 2.47. The minimum atomic E-state index is -4.26. The fourth-order valence-corrected chi connectivity index (χ4v) is 3.78. The highest BCUT2D eigenvalue weighted by Crippen LogP contribution is 2.23. The molecule has 0 unspecified atom stereocenters. The van der Waals surface area contributed by atoms with Crippen molar-refractivity contribution < 1.29 is 22.0 Å². The van der Waals surface area contributed by atoms with Gasteiger partial charge in [0.1, 0.15) is 11.6 Å². The Labute approximate surface area is 127 Å². The maximum atomic E-state index is 13.7. The van der Waals surface area contributed by atoms with Gasteiger partial charge in [-0.2, -0.15) is 4.31 Å². The smallest absolute Gasteiger partial charge is 0.317 e. The highest BCUT2D eigenvalue weighted by molar-refractivity contribution is 7.89. The summed E-state index contributed by atoms with van der Waals surface area (Å²) in [6.45, 7) is 2.57. The number of carbonyl (C=O) groups is 1. The summed E-state index contributed by atoms with van der Waals surface area (Å²) in [6.07, 6.45) is 0. The largest absolute Gasteiger partial charge is 0.338 e. The van der Waals surface area contributed by atoms with Gasteiger partial charge >= 0.3 is 6.03 Å². The van der Waals surface area contributed by atoms with Crippen LogP contribution in [-0.2, 0) is 10.0 Å². The molecule has 22 heavy (non-hydrogen) atoms. The topological polar surface area (TPSA) is 69.7 Å². The van der Waals surface area contributed by atoms with Crippen LogP contribution in [0.4, 0.5) is 13.6 Å². The van der Waals surface area contributed by atoms with Gasteiger partial charge in [0.2, 0.25) is 10.0 Å². The summed E-state index contributed by atoms with van der Waals surface area (Å²) in [5.74, 6) is -2.24. The van der Waals surface area contributed by atoms with Crippen LogP contribution in [0.15, 0.2) is 23.1 Å². The van der Waals surface area contributed by atoms with Crippen LogP contribution < -0.4 is 5.32 Å². The number of urea groups is 1. The molecular weight excluding hydrogens is 316 g/mol. The molecule has 1 aliphatic rings. The lowest BCUT2D eigenvalue weighted by Gasteiger charge is -2.33. The molecule has 2 rings (SSSR count). The van der Waals surface area contributed by atoms with Crippen LogP contribution in [0.1, 0.15) is 6.92 Å². The molecule has 0 spiro atoms. The third-order valence-electron chi connectivity index (χ3n) is 3.37. The van der Waals surface area contributed by atoms with Gasteiger partial charge in [0.25, 0.3) is 0 Å². The van der Waals surface area contributed by atoms with Crippen molar-refractivity contribution in [1.29, 1.82) is 0 Å². The number of sulfonamides is 1. The number of hydrogen-bond donors (Lipinski definition) is 1. The van der Waals surface area contributed by atoms with Gasteiger partial charge in [-0.05, 0) is 19.1 Å². The second kappa shape index (κ2) is 6.57. The Bertz CT molecular complexity index is 638. The van der Waals surface area contributed by atoms with Gasteiger partial charge in [-0.3, -0.25) is 0 Å². The Balaban J connectivity index is 2.15. The van der Waals surface area contributed by atoms with Crippen molar-refractivity contribution in [2.24, 2.45) is 0 Å². The molecule has 1 heterocycles. The van der Waals surface area contributed by atoms with E-state index in [0.717, 1.165) is 22.5 Å². The van der Waals surface area contributed by atoms with Crippen LogP contribution >= 0.6 is 0 Å². The Hall–Kier alpha value is -1.74. The monoisotopic (exact) mass is 333 g/mol. The van der Waals surface area contributed by atoms with Gasteiger partial charge in [-0.25, -0.2) is 22.0 Å². The lowest BCUT2D eigenvalue weighted by Crippen LogP contribution is -2.53. The number of rotatable bonds is 3. The van der Waals surface area contributed by atoms with Crippen LogP contribution in [-0.4, -0.2) is 56.4 Å². The molecule has 122 valence electrons. The Morgan fingerprint density at radius 3 is 2.23 bits per heavy atom. The highest BCUT2D eigenvalue weighted by Gasteiger charge is 2.33. The number of nitrogens with one attached hydrogen (secondary N) is 1. The maximum absolute atomic E-state index is 13.7. The third-order valence-corrected chi connectivity index (χ3v) is 5.32. The van der Waals surface area contributed by atoms with Gasteiger partial charge in [-0.1, -0.05) is 6.07 Å². The summed E-state index contributed by atoms with van der Waals surface area (Å²) < 4.78 is 53.1. The summed E-state index contributed by atoms with van der Waals surface area (Å²) in [5.41, 5.74) is 0. The molecule has 2 amide bonds. The number of halogens is 2. The van der Waals surface area contributed by atoms with Crippen molar-refractivity contribution in [1.82, 2.24) is 14.5 Å². The van der Waals surface area contributed by atoms with E-state index < -0.39 is 26.6 Å². The summed E-state index contributed by atoms with van der Waals surface area (Å²) in [6, 6.07) is 2.63. The molecule has 1 aliphatic heterocycles. The first-order valence-corrected chi connectivity index (χ1v) is 8.29. The van der Waals surface area contributed by atoms with E-state index in [9.17, 15) is 22.0 Å². The van der Waals surface area contributed by atoms with E-state index in [1.54, 1.807) is 6.92 Å². The molecule has 0 atom stereocenters. The second-order valence-electron chi connectivity index (χ2n) is 4.78. The summed E-state index contributed by atoms with van der Waals surface area (Å²) >= 11 is 0. The van der Waals surface area contributed by atoms with Crippen LogP contribution in [0, 0.1) is 11.6 Å². The fraction of sp³-hybridized carbons (Fsp3) is 0.462. The molecular formula is C13H17F2N3O3S. The molecule has 0 radical (unpaired) electrons. The van der Waals surface area contributed by atoms with E-state index in [1.165, 1.54) is 4.90 Å². The minimum absolute atomic E-state index is 0.00670. The number of carbonyl (C=O) groups excluding carboxylic acids is 1. The van der Waals surface area contributed by atoms with Gasteiger partial charge < -0.3 is 10.2 Å². The van der Waals surface area contributed by atoms with E-state index in [0.29, 0.717) is 6.54 Å². The first-order valence-electron chi connectivity index (χ1n) is 6.85. The standard InChI is InChI=1S/C13H17F2N3O3S/c1-2-16-13(19)17-6-8-18(9-7-17)22(20,21)12-10(14)4-3-5-11(12)15/h3-5H,2,6-9H2,1H3,(H,16,19). The zero-order valence-electron chi connectivity index (χ0n) is 12.1. The second-order valence-corrected chi connectivity index (χ2v) is 6.65. The van der Waals surface area contributed by atoms with Crippen LogP contribution in [0.5, 0.6) is 0 Å². The van der Waals surface area contributed by atoms with Crippen LogP contribution in [0.3, 0.4) is 0 Å². The first kappa shape index (κ1) is 16.6. The van der Waals surface area contributed by atoms with Gasteiger partial charge in [0.15, 0.2) is 4.90 Å². The molecule has 1 saturated heterocycles. The number of amides is 2. The van der Waals surface area contributed by atoms with Crippen molar-refractivity contribution in [3.8, 4) is 0 Å². The highest BCUT2D eigenvalue weighted by atomic mass is 32.2. The van der Waals surface area contributed by atoms with E-state index in [1.807, 2.05) is 0 Å². The summed E-state index contributed by atoms with van der Waals surface area (Å²) in [7, 11) is -4.26. The zero-order valence-corrected chi connectivity index (χ0v) is 12.9. The molecule has 0 bridgehead atoms. The maximum Gasteiger partial charge on any atom is 0.317 e. The van der Waals surface area contributed by atoms with E-state index >= 15 is 0 Å². The molecule has 9 heteroatoms. The van der Waals surface area contributed by atoms with Crippen LogP contribution in [0.25, 0.3) is 0 Å². The third kappa shape index (κ3) is 3.20. The van der Waals surface area contributed by atoms with Crippen molar-refractivity contribution in [2.45, 2.75) is 11.8 Å². The van der Waals surface area contributed by atoms with Crippen molar-refractivity contribution in [3.63, 3.8) is 0 Å². The number of hydrogen-bond acceptors (Lipinski definition) is 3. The van der Waals surface area contributed by atoms with E-state index in [-0.39, 0.29) is 32.2 Å². The fourth-order valence-electron chi connectivity index (χ4n) is 2.25. The Kier molecular flexibility index (Phi) is 4.97.